The SMILES string of the molecule is Cc1cc(C2NC(C(=O)Nc3cc4cnn(C5CC5)c4cc3N3CCCCC3)=CO2)ccn1. The first-order chi connectivity index (χ1) is 16.2. The van der Waals surface area contributed by atoms with Crippen molar-refractivity contribution in [3.8, 4) is 0 Å². The average molecular weight is 445 g/mol. The molecule has 3 aromatic rings. The molecule has 1 aliphatic carbocycles. The first-order valence-electron chi connectivity index (χ1n) is 11.8. The molecule has 170 valence electrons. The van der Waals surface area contributed by atoms with Crippen molar-refractivity contribution in [2.75, 3.05) is 23.3 Å². The van der Waals surface area contributed by atoms with Crippen LogP contribution in [0.1, 0.15) is 55.6 Å². The van der Waals surface area contributed by atoms with Gasteiger partial charge in [-0.25, -0.2) is 0 Å². The summed E-state index contributed by atoms with van der Waals surface area (Å²) < 4.78 is 7.88. The van der Waals surface area contributed by atoms with Crippen LogP contribution in [-0.4, -0.2) is 33.8 Å². The summed E-state index contributed by atoms with van der Waals surface area (Å²) in [5.74, 6) is -0.213. The number of anilines is 2. The Morgan fingerprint density at radius 3 is 2.82 bits per heavy atom. The van der Waals surface area contributed by atoms with Crippen LogP contribution in [0, 0.1) is 6.92 Å². The summed E-state index contributed by atoms with van der Waals surface area (Å²) >= 11 is 0. The number of aromatic nitrogens is 3. The van der Waals surface area contributed by atoms with E-state index in [1.165, 1.54) is 38.4 Å². The third-order valence-electron chi connectivity index (χ3n) is 6.63. The second-order valence-corrected chi connectivity index (χ2v) is 9.17. The molecule has 1 saturated carbocycles. The van der Waals surface area contributed by atoms with Gasteiger partial charge >= 0.3 is 0 Å². The fourth-order valence-electron chi connectivity index (χ4n) is 4.74. The van der Waals surface area contributed by atoms with Gasteiger partial charge in [0.15, 0.2) is 6.23 Å². The monoisotopic (exact) mass is 444 g/mol. The van der Waals surface area contributed by atoms with E-state index in [9.17, 15) is 4.79 Å². The molecule has 8 heteroatoms. The van der Waals surface area contributed by atoms with Gasteiger partial charge in [0.25, 0.3) is 5.91 Å². The van der Waals surface area contributed by atoms with Gasteiger partial charge in [0.05, 0.1) is 29.1 Å². The molecule has 4 heterocycles. The lowest BCUT2D eigenvalue weighted by molar-refractivity contribution is -0.113. The second-order valence-electron chi connectivity index (χ2n) is 9.17. The Kier molecular flexibility index (Phi) is 4.93. The van der Waals surface area contributed by atoms with E-state index in [0.717, 1.165) is 46.6 Å². The van der Waals surface area contributed by atoms with Crippen molar-refractivity contribution in [3.05, 3.63) is 59.9 Å². The Morgan fingerprint density at radius 2 is 2.03 bits per heavy atom. The van der Waals surface area contributed by atoms with Gasteiger partial charge in [0.1, 0.15) is 12.0 Å². The Bertz CT molecular complexity index is 1240. The van der Waals surface area contributed by atoms with Crippen molar-refractivity contribution in [1.29, 1.82) is 0 Å². The maximum absolute atomic E-state index is 13.2. The van der Waals surface area contributed by atoms with Gasteiger partial charge in [-0.3, -0.25) is 14.5 Å². The first-order valence-corrected chi connectivity index (χ1v) is 11.8. The van der Waals surface area contributed by atoms with E-state index in [-0.39, 0.29) is 5.91 Å². The Balaban J connectivity index is 1.26. The number of pyridine rings is 1. The highest BCUT2D eigenvalue weighted by atomic mass is 16.5. The summed E-state index contributed by atoms with van der Waals surface area (Å²) in [5, 5.41) is 12.0. The Hall–Kier alpha value is -3.55. The lowest BCUT2D eigenvalue weighted by Crippen LogP contribution is -2.31. The number of carbonyl (C=O) groups excluding carboxylic acids is 1. The quantitative estimate of drug-likeness (QED) is 0.615. The molecule has 1 aromatic carbocycles. The van der Waals surface area contributed by atoms with Crippen LogP contribution in [-0.2, 0) is 9.53 Å². The third-order valence-corrected chi connectivity index (χ3v) is 6.63. The Morgan fingerprint density at radius 1 is 1.18 bits per heavy atom. The van der Waals surface area contributed by atoms with Gasteiger partial charge in [-0.1, -0.05) is 0 Å². The molecular formula is C25H28N6O2. The highest BCUT2D eigenvalue weighted by molar-refractivity contribution is 6.07. The lowest BCUT2D eigenvalue weighted by Gasteiger charge is -2.30. The van der Waals surface area contributed by atoms with E-state index in [2.05, 4.69) is 42.4 Å². The van der Waals surface area contributed by atoms with Crippen LogP contribution >= 0.6 is 0 Å². The van der Waals surface area contributed by atoms with E-state index in [0.29, 0.717) is 11.7 Å². The molecule has 33 heavy (non-hydrogen) atoms. The zero-order valence-corrected chi connectivity index (χ0v) is 18.8. The molecule has 1 amide bonds. The predicted octanol–water partition coefficient (Wildman–Crippen LogP) is 4.16. The number of ether oxygens (including phenoxy) is 1. The minimum absolute atomic E-state index is 0.213. The minimum atomic E-state index is -0.395. The molecule has 0 bridgehead atoms. The van der Waals surface area contributed by atoms with Crippen molar-refractivity contribution in [2.45, 2.75) is 51.3 Å². The Labute approximate surface area is 192 Å². The molecule has 1 unspecified atom stereocenters. The van der Waals surface area contributed by atoms with Crippen molar-refractivity contribution in [3.63, 3.8) is 0 Å². The second kappa shape index (κ2) is 8.10. The van der Waals surface area contributed by atoms with E-state index in [1.807, 2.05) is 25.3 Å². The summed E-state index contributed by atoms with van der Waals surface area (Å²) in [6.07, 6.45) is 10.7. The summed E-state index contributed by atoms with van der Waals surface area (Å²) in [4.78, 5) is 19.8. The van der Waals surface area contributed by atoms with E-state index in [4.69, 9.17) is 4.74 Å². The molecule has 2 N–H and O–H groups in total. The van der Waals surface area contributed by atoms with Crippen LogP contribution in [0.2, 0.25) is 0 Å². The minimum Gasteiger partial charge on any atom is -0.472 e. The molecule has 2 aromatic heterocycles. The van der Waals surface area contributed by atoms with Crippen molar-refractivity contribution in [2.24, 2.45) is 0 Å². The number of fused-ring (bicyclic) bond motifs is 1. The molecule has 8 nitrogen and oxygen atoms in total. The van der Waals surface area contributed by atoms with Crippen LogP contribution in [0.15, 0.2) is 48.6 Å². The van der Waals surface area contributed by atoms with Gasteiger partial charge in [0.2, 0.25) is 0 Å². The summed E-state index contributed by atoms with van der Waals surface area (Å²) in [7, 11) is 0. The van der Waals surface area contributed by atoms with Crippen LogP contribution in [0.4, 0.5) is 11.4 Å². The summed E-state index contributed by atoms with van der Waals surface area (Å²) in [6.45, 7) is 3.93. The molecule has 2 fully saturated rings. The molecule has 3 aliphatic rings. The van der Waals surface area contributed by atoms with Gasteiger partial charge in [-0.05, 0) is 63.3 Å². The zero-order valence-electron chi connectivity index (χ0n) is 18.8. The van der Waals surface area contributed by atoms with Crippen LogP contribution < -0.4 is 15.5 Å². The highest BCUT2D eigenvalue weighted by Crippen LogP contribution is 2.40. The number of nitrogens with zero attached hydrogens (tertiary/aromatic N) is 4. The number of nitrogens with one attached hydrogen (secondary N) is 2. The topological polar surface area (TPSA) is 84.3 Å². The van der Waals surface area contributed by atoms with Crippen molar-refractivity contribution < 1.29 is 9.53 Å². The molecule has 1 atom stereocenters. The van der Waals surface area contributed by atoms with E-state index < -0.39 is 6.23 Å². The number of rotatable bonds is 5. The molecule has 0 radical (unpaired) electrons. The molecule has 6 rings (SSSR count). The maximum Gasteiger partial charge on any atom is 0.275 e. The standard InChI is InChI=1S/C25H28N6O2/c1-16-11-17(7-8-26-16)25-29-21(15-33-25)24(32)28-20-12-18-14-27-31(19-5-6-19)22(18)13-23(20)30-9-3-2-4-10-30/h7-8,11-15,19,25,29H,2-6,9-10H2,1H3,(H,28,32). The molecule has 0 spiro atoms. The van der Waals surface area contributed by atoms with Crippen LogP contribution in [0.5, 0.6) is 0 Å². The zero-order chi connectivity index (χ0) is 22.4. The van der Waals surface area contributed by atoms with Gasteiger partial charge in [-0.2, -0.15) is 5.10 Å². The predicted molar refractivity (Wildman–Crippen MR) is 127 cm³/mol. The van der Waals surface area contributed by atoms with Crippen molar-refractivity contribution >= 4 is 28.2 Å². The third kappa shape index (κ3) is 3.90. The molecular weight excluding hydrogens is 416 g/mol. The number of hydrogen-bond donors (Lipinski definition) is 2. The number of amides is 1. The maximum atomic E-state index is 13.2. The number of aryl methyl sites for hydroxylation is 1. The van der Waals surface area contributed by atoms with Crippen LogP contribution in [0.25, 0.3) is 10.9 Å². The van der Waals surface area contributed by atoms with Crippen molar-refractivity contribution in [1.82, 2.24) is 20.1 Å². The lowest BCUT2D eigenvalue weighted by atomic mass is 10.1. The average Bonchev–Trinajstić information content (AvgIpc) is 3.39. The van der Waals surface area contributed by atoms with Gasteiger partial charge in [-0.15, -0.1) is 0 Å². The summed E-state index contributed by atoms with van der Waals surface area (Å²) in [5.41, 5.74) is 5.28. The number of hydrogen-bond acceptors (Lipinski definition) is 6. The van der Waals surface area contributed by atoms with Gasteiger partial charge in [0, 0.05) is 35.9 Å². The number of carbonyl (C=O) groups is 1. The number of piperidine rings is 1. The normalized spacial score (nSPS) is 20.3. The van der Waals surface area contributed by atoms with E-state index in [1.54, 1.807) is 6.20 Å². The molecule has 2 aliphatic heterocycles. The largest absolute Gasteiger partial charge is 0.472 e. The molecule has 1 saturated heterocycles. The first kappa shape index (κ1) is 20.1. The number of benzene rings is 1. The highest BCUT2D eigenvalue weighted by Gasteiger charge is 2.28. The summed E-state index contributed by atoms with van der Waals surface area (Å²) in [6, 6.07) is 8.61. The fourth-order valence-corrected chi connectivity index (χ4v) is 4.74. The smallest absolute Gasteiger partial charge is 0.275 e. The van der Waals surface area contributed by atoms with Crippen LogP contribution in [0.3, 0.4) is 0 Å². The van der Waals surface area contributed by atoms with E-state index >= 15 is 0 Å². The van der Waals surface area contributed by atoms with Gasteiger partial charge < -0.3 is 20.3 Å². The fraction of sp³-hybridized carbons (Fsp3) is 0.400.